The third-order valence-electron chi connectivity index (χ3n) is 5.13. The van der Waals surface area contributed by atoms with Crippen molar-refractivity contribution in [3.8, 4) is 0 Å². The van der Waals surface area contributed by atoms with Gasteiger partial charge in [0, 0.05) is 25.0 Å². The minimum atomic E-state index is -0.769. The molecule has 0 saturated heterocycles. The standard InChI is InChI=1S/C23H20F4N4O2S2/c24-12-8-14(26)20-16(10-12)34-22(30-20)28-18(32)6-4-2-1-3-5-7-19(33)29-23-31-21-15(27)9-13(25)11-17(21)35-23/h8-11H,1-7H2,(H,28,30,32)(H,29,31,33). The van der Waals surface area contributed by atoms with Crippen molar-refractivity contribution < 1.29 is 27.2 Å². The summed E-state index contributed by atoms with van der Waals surface area (Å²) in [6.45, 7) is 0. The molecule has 2 N–H and O–H groups in total. The van der Waals surface area contributed by atoms with E-state index in [-0.39, 0.29) is 46.0 Å². The molecule has 0 spiro atoms. The van der Waals surface area contributed by atoms with E-state index in [1.54, 1.807) is 0 Å². The van der Waals surface area contributed by atoms with Gasteiger partial charge in [-0.05, 0) is 25.0 Å². The molecule has 0 radical (unpaired) electrons. The van der Waals surface area contributed by atoms with Gasteiger partial charge in [-0.3, -0.25) is 9.59 Å². The number of nitrogens with one attached hydrogen (secondary N) is 2. The Hall–Kier alpha value is -3.12. The van der Waals surface area contributed by atoms with Gasteiger partial charge in [0.15, 0.2) is 21.9 Å². The molecule has 4 rings (SSSR count). The van der Waals surface area contributed by atoms with Crippen molar-refractivity contribution in [1.29, 1.82) is 0 Å². The van der Waals surface area contributed by atoms with Gasteiger partial charge in [-0.2, -0.15) is 0 Å². The van der Waals surface area contributed by atoms with Crippen molar-refractivity contribution in [2.24, 2.45) is 0 Å². The molecule has 0 atom stereocenters. The Morgan fingerprint density at radius 1 is 0.657 bits per heavy atom. The number of benzene rings is 2. The van der Waals surface area contributed by atoms with Crippen molar-refractivity contribution in [3.05, 3.63) is 47.5 Å². The van der Waals surface area contributed by atoms with Crippen LogP contribution in [-0.4, -0.2) is 21.8 Å². The Morgan fingerprint density at radius 2 is 1.06 bits per heavy atom. The highest BCUT2D eigenvalue weighted by Gasteiger charge is 2.14. The maximum Gasteiger partial charge on any atom is 0.226 e. The maximum absolute atomic E-state index is 13.7. The molecule has 35 heavy (non-hydrogen) atoms. The Morgan fingerprint density at radius 3 is 1.49 bits per heavy atom. The number of halogens is 4. The monoisotopic (exact) mass is 524 g/mol. The van der Waals surface area contributed by atoms with E-state index in [1.807, 2.05) is 0 Å². The molecule has 0 bridgehead atoms. The number of carbonyl (C=O) groups is 2. The summed E-state index contributed by atoms with van der Waals surface area (Å²) in [5, 5.41) is 5.67. The second kappa shape index (κ2) is 11.1. The number of carbonyl (C=O) groups excluding carboxylic acids is 2. The van der Waals surface area contributed by atoms with E-state index < -0.39 is 23.3 Å². The number of fused-ring (bicyclic) bond motifs is 2. The van der Waals surface area contributed by atoms with E-state index in [0.717, 1.165) is 54.1 Å². The Labute approximate surface area is 205 Å². The lowest BCUT2D eigenvalue weighted by molar-refractivity contribution is -0.117. The first kappa shape index (κ1) is 25.0. The highest BCUT2D eigenvalue weighted by atomic mass is 32.1. The molecule has 0 unspecified atom stereocenters. The lowest BCUT2D eigenvalue weighted by atomic mass is 10.1. The molecule has 0 aliphatic heterocycles. The molecule has 12 heteroatoms. The second-order valence-corrected chi connectivity index (χ2v) is 9.93. The van der Waals surface area contributed by atoms with E-state index in [1.165, 1.54) is 12.1 Å². The van der Waals surface area contributed by atoms with Gasteiger partial charge in [0.2, 0.25) is 11.8 Å². The topological polar surface area (TPSA) is 84.0 Å². The predicted octanol–water partition coefficient (Wildman–Crippen LogP) is 6.77. The summed E-state index contributed by atoms with van der Waals surface area (Å²) in [5.41, 5.74) is 0.0554. The highest BCUT2D eigenvalue weighted by molar-refractivity contribution is 7.22. The van der Waals surface area contributed by atoms with Crippen LogP contribution in [-0.2, 0) is 9.59 Å². The number of nitrogens with zero attached hydrogens (tertiary/aromatic N) is 2. The molecule has 2 heterocycles. The molecular weight excluding hydrogens is 504 g/mol. The summed E-state index contributed by atoms with van der Waals surface area (Å²) in [6, 6.07) is 3.85. The smallest absolute Gasteiger partial charge is 0.226 e. The fraction of sp³-hybridized carbons (Fsp3) is 0.304. The summed E-state index contributed by atoms with van der Waals surface area (Å²) in [6.07, 6.45) is 4.22. The van der Waals surface area contributed by atoms with Crippen LogP contribution in [0.25, 0.3) is 20.4 Å². The molecule has 2 aromatic carbocycles. The van der Waals surface area contributed by atoms with Crippen LogP contribution in [0.15, 0.2) is 24.3 Å². The fourth-order valence-corrected chi connectivity index (χ4v) is 5.33. The van der Waals surface area contributed by atoms with Crippen LogP contribution in [0.5, 0.6) is 0 Å². The van der Waals surface area contributed by atoms with Gasteiger partial charge in [-0.1, -0.05) is 41.9 Å². The number of hydrogen-bond acceptors (Lipinski definition) is 6. The number of thiazole rings is 2. The lowest BCUT2D eigenvalue weighted by Gasteiger charge is -2.03. The van der Waals surface area contributed by atoms with Crippen LogP contribution in [0.2, 0.25) is 0 Å². The molecule has 0 aliphatic rings. The van der Waals surface area contributed by atoms with Crippen LogP contribution < -0.4 is 10.6 Å². The molecule has 2 aromatic heterocycles. The Kier molecular flexibility index (Phi) is 7.91. The maximum atomic E-state index is 13.7. The summed E-state index contributed by atoms with van der Waals surface area (Å²) in [4.78, 5) is 32.2. The molecular formula is C23H20F4N4O2S2. The number of anilines is 2. The number of amides is 2. The predicted molar refractivity (Wildman–Crippen MR) is 129 cm³/mol. The van der Waals surface area contributed by atoms with Gasteiger partial charge in [-0.25, -0.2) is 27.5 Å². The van der Waals surface area contributed by atoms with E-state index >= 15 is 0 Å². The average molecular weight is 525 g/mol. The largest absolute Gasteiger partial charge is 0.302 e. The minimum Gasteiger partial charge on any atom is -0.302 e. The summed E-state index contributed by atoms with van der Waals surface area (Å²) in [7, 11) is 0. The Balaban J connectivity index is 1.11. The van der Waals surface area contributed by atoms with Crippen LogP contribution in [0.3, 0.4) is 0 Å². The first-order chi connectivity index (χ1) is 16.8. The normalized spacial score (nSPS) is 11.3. The van der Waals surface area contributed by atoms with Crippen molar-refractivity contribution in [1.82, 2.24) is 9.97 Å². The number of hydrogen-bond donors (Lipinski definition) is 2. The third kappa shape index (κ3) is 6.51. The van der Waals surface area contributed by atoms with Gasteiger partial charge >= 0.3 is 0 Å². The van der Waals surface area contributed by atoms with Gasteiger partial charge in [0.25, 0.3) is 0 Å². The zero-order valence-electron chi connectivity index (χ0n) is 18.3. The molecule has 0 fully saturated rings. The van der Waals surface area contributed by atoms with Gasteiger partial charge < -0.3 is 10.6 Å². The van der Waals surface area contributed by atoms with Gasteiger partial charge in [-0.15, -0.1) is 0 Å². The van der Waals surface area contributed by atoms with Crippen LogP contribution in [0.4, 0.5) is 27.8 Å². The third-order valence-corrected chi connectivity index (χ3v) is 6.96. The minimum absolute atomic E-state index is 0.0277. The quantitative estimate of drug-likeness (QED) is 0.177. The zero-order valence-corrected chi connectivity index (χ0v) is 19.9. The molecule has 2 amide bonds. The molecule has 4 aromatic rings. The molecule has 0 saturated carbocycles. The van der Waals surface area contributed by atoms with E-state index in [2.05, 4.69) is 20.6 Å². The van der Waals surface area contributed by atoms with Crippen molar-refractivity contribution in [3.63, 3.8) is 0 Å². The van der Waals surface area contributed by atoms with Crippen molar-refractivity contribution >= 4 is 65.2 Å². The second-order valence-electron chi connectivity index (χ2n) is 7.87. The highest BCUT2D eigenvalue weighted by Crippen LogP contribution is 2.30. The Bertz CT molecular complexity index is 1290. The average Bonchev–Trinajstić information content (AvgIpc) is 3.36. The number of unbranched alkanes of at least 4 members (excludes halogenated alkanes) is 4. The SMILES string of the molecule is O=C(CCCCCCCC(=O)Nc1nc2c(F)cc(F)cc2s1)Nc1nc2c(F)cc(F)cc2s1. The van der Waals surface area contributed by atoms with Crippen LogP contribution in [0.1, 0.15) is 44.9 Å². The number of aromatic nitrogens is 2. The zero-order chi connectivity index (χ0) is 24.9. The number of rotatable bonds is 10. The van der Waals surface area contributed by atoms with Gasteiger partial charge in [0.1, 0.15) is 22.7 Å². The summed E-state index contributed by atoms with van der Waals surface area (Å²) < 4.78 is 54.6. The summed E-state index contributed by atoms with van der Waals surface area (Å²) in [5.74, 6) is -3.44. The van der Waals surface area contributed by atoms with Crippen molar-refractivity contribution in [2.45, 2.75) is 44.9 Å². The molecule has 184 valence electrons. The molecule has 0 aliphatic carbocycles. The van der Waals surface area contributed by atoms with E-state index in [9.17, 15) is 27.2 Å². The fourth-order valence-electron chi connectivity index (χ4n) is 3.49. The van der Waals surface area contributed by atoms with Crippen molar-refractivity contribution in [2.75, 3.05) is 10.6 Å². The van der Waals surface area contributed by atoms with Crippen LogP contribution >= 0.6 is 22.7 Å². The van der Waals surface area contributed by atoms with Crippen LogP contribution in [0, 0.1) is 23.3 Å². The van der Waals surface area contributed by atoms with Gasteiger partial charge in [0.05, 0.1) is 9.40 Å². The summed E-state index contributed by atoms with van der Waals surface area (Å²) >= 11 is 2.02. The first-order valence-electron chi connectivity index (χ1n) is 10.9. The lowest BCUT2D eigenvalue weighted by Crippen LogP contribution is -2.11. The van der Waals surface area contributed by atoms with E-state index in [4.69, 9.17) is 0 Å². The first-order valence-corrected chi connectivity index (χ1v) is 12.5. The molecule has 6 nitrogen and oxygen atoms in total. The van der Waals surface area contributed by atoms with E-state index in [0.29, 0.717) is 22.2 Å².